The van der Waals surface area contributed by atoms with Gasteiger partial charge in [-0.1, -0.05) is 30.3 Å². The molecule has 0 spiro atoms. The van der Waals surface area contributed by atoms with E-state index in [0.717, 1.165) is 43.2 Å². The number of alkyl halides is 1. The first kappa shape index (κ1) is 31.2. The van der Waals surface area contributed by atoms with Crippen molar-refractivity contribution in [1.82, 2.24) is 15.3 Å². The van der Waals surface area contributed by atoms with Gasteiger partial charge in [-0.05, 0) is 82.6 Å². The van der Waals surface area contributed by atoms with Crippen LogP contribution in [0.1, 0.15) is 64.0 Å². The molecule has 1 aromatic carbocycles. The lowest BCUT2D eigenvalue weighted by Crippen LogP contribution is -2.63. The summed E-state index contributed by atoms with van der Waals surface area (Å²) in [4.78, 5) is 34.3. The van der Waals surface area contributed by atoms with Crippen molar-refractivity contribution in [3.05, 3.63) is 65.9 Å². The van der Waals surface area contributed by atoms with E-state index in [1.54, 1.807) is 18.3 Å². The fourth-order valence-electron chi connectivity index (χ4n) is 6.34. The molecular weight excluding hydrogens is 581 g/mol. The molecule has 11 heteroatoms. The van der Waals surface area contributed by atoms with Crippen LogP contribution in [0.25, 0.3) is 11.0 Å². The van der Waals surface area contributed by atoms with E-state index in [1.807, 2.05) is 57.2 Å². The average Bonchev–Trinajstić information content (AvgIpc) is 3.40. The Kier molecular flexibility index (Phi) is 8.43. The van der Waals surface area contributed by atoms with Crippen molar-refractivity contribution in [2.24, 2.45) is 5.92 Å². The van der Waals surface area contributed by atoms with Gasteiger partial charge in [0.2, 0.25) is 5.88 Å². The molecule has 4 fully saturated rings. The van der Waals surface area contributed by atoms with E-state index in [2.05, 4.69) is 15.3 Å². The quantitative estimate of drug-likeness (QED) is 0.305. The molecule has 1 aliphatic carbocycles. The summed E-state index contributed by atoms with van der Waals surface area (Å²) in [6.45, 7) is 5.44. The number of carbonyl (C=O) groups excluding carboxylic acids is 2. The molecule has 5 heterocycles. The van der Waals surface area contributed by atoms with Crippen molar-refractivity contribution in [1.29, 1.82) is 0 Å². The molecule has 10 nitrogen and oxygen atoms in total. The minimum atomic E-state index is -2.42. The van der Waals surface area contributed by atoms with E-state index >= 15 is 4.39 Å². The maximum absolute atomic E-state index is 16.1. The summed E-state index contributed by atoms with van der Waals surface area (Å²) in [5.74, 6) is -4.37. The molecule has 1 saturated carbocycles. The van der Waals surface area contributed by atoms with Gasteiger partial charge in [0, 0.05) is 12.3 Å². The molecule has 3 aliphatic heterocycles. The zero-order chi connectivity index (χ0) is 31.7. The number of amides is 1. The van der Waals surface area contributed by atoms with E-state index in [1.165, 1.54) is 0 Å². The number of hydrogen-bond donors (Lipinski definition) is 1. The Bertz CT molecular complexity index is 1520. The first-order valence-corrected chi connectivity index (χ1v) is 15.5. The predicted molar refractivity (Wildman–Crippen MR) is 162 cm³/mol. The summed E-state index contributed by atoms with van der Waals surface area (Å²) < 4.78 is 44.4. The number of hydrogen-bond acceptors (Lipinski definition) is 9. The number of fused-ring (bicyclic) bond motifs is 4. The Labute approximate surface area is 261 Å². The Hall–Kier alpha value is -3.83. The van der Waals surface area contributed by atoms with Crippen molar-refractivity contribution in [2.75, 3.05) is 19.8 Å². The van der Waals surface area contributed by atoms with Gasteiger partial charge in [0.15, 0.2) is 5.92 Å². The molecule has 4 aliphatic rings. The molecule has 7 rings (SSSR count). The van der Waals surface area contributed by atoms with E-state index in [0.29, 0.717) is 24.1 Å². The van der Waals surface area contributed by atoms with Gasteiger partial charge in [0.25, 0.3) is 5.85 Å². The second-order valence-electron chi connectivity index (χ2n) is 13.4. The van der Waals surface area contributed by atoms with Crippen molar-refractivity contribution in [3.8, 4) is 5.88 Å². The largest absolute Gasteiger partial charge is 0.460 e. The van der Waals surface area contributed by atoms with Crippen molar-refractivity contribution in [3.63, 3.8) is 0 Å². The van der Waals surface area contributed by atoms with E-state index < -0.39 is 41.6 Å². The summed E-state index contributed by atoms with van der Waals surface area (Å²) in [7, 11) is 0. The number of benzene rings is 1. The molecule has 1 N–H and O–H groups in total. The zero-order valence-corrected chi connectivity index (χ0v) is 26.0. The zero-order valence-electron chi connectivity index (χ0n) is 26.0. The maximum Gasteiger partial charge on any atom is 0.408 e. The van der Waals surface area contributed by atoms with E-state index in [9.17, 15) is 9.59 Å². The Morgan fingerprint density at radius 1 is 1.04 bits per heavy atom. The number of nitrogens with zero attached hydrogens (tertiary/aromatic N) is 2. The minimum absolute atomic E-state index is 0.0297. The molecule has 2 aromatic heterocycles. The van der Waals surface area contributed by atoms with Gasteiger partial charge in [-0.15, -0.1) is 0 Å². The van der Waals surface area contributed by atoms with Crippen molar-refractivity contribution >= 4 is 23.1 Å². The highest BCUT2D eigenvalue weighted by atomic mass is 19.2. The SMILES string of the molecule is CC(C)(C)OC(=O)NC12CCC(CCc3ccnc4ccc(O[C@@]5(F)COC[C@H]5C(=O)OCc5ccccc5)nc34)(CC1)OC2. The third-order valence-corrected chi connectivity index (χ3v) is 8.92. The van der Waals surface area contributed by atoms with Crippen LogP contribution in [-0.4, -0.2) is 64.4 Å². The van der Waals surface area contributed by atoms with Crippen molar-refractivity contribution < 1.29 is 37.7 Å². The first-order chi connectivity index (χ1) is 21.5. The van der Waals surface area contributed by atoms with E-state index in [4.69, 9.17) is 23.7 Å². The lowest BCUT2D eigenvalue weighted by atomic mass is 9.69. The number of esters is 1. The van der Waals surface area contributed by atoms with Gasteiger partial charge >= 0.3 is 12.1 Å². The summed E-state index contributed by atoms with van der Waals surface area (Å²) in [6, 6.07) is 14.4. The molecule has 2 bridgehead atoms. The van der Waals surface area contributed by atoms with Crippen LogP contribution in [0.2, 0.25) is 0 Å². The fraction of sp³-hybridized carbons (Fsp3) is 0.529. The molecule has 2 atom stereocenters. The summed E-state index contributed by atoms with van der Waals surface area (Å²) in [5, 5.41) is 3.07. The molecule has 3 saturated heterocycles. The Balaban J connectivity index is 1.10. The number of aryl methyl sites for hydroxylation is 1. The number of nitrogens with one attached hydrogen (secondary N) is 1. The molecule has 45 heavy (non-hydrogen) atoms. The number of alkyl carbamates (subject to hydrolysis) is 1. The normalized spacial score (nSPS) is 27.7. The van der Waals surface area contributed by atoms with Gasteiger partial charge in [0.05, 0.1) is 35.4 Å². The number of pyridine rings is 2. The molecule has 0 radical (unpaired) electrons. The molecule has 1 amide bonds. The fourth-order valence-corrected chi connectivity index (χ4v) is 6.34. The van der Waals surface area contributed by atoms with Crippen LogP contribution in [0.4, 0.5) is 9.18 Å². The van der Waals surface area contributed by atoms with Gasteiger partial charge in [-0.2, -0.15) is 4.39 Å². The molecular formula is C34H40FN3O7. The second-order valence-corrected chi connectivity index (χ2v) is 13.4. The van der Waals surface area contributed by atoms with Crippen molar-refractivity contribution in [2.45, 2.75) is 88.5 Å². The third-order valence-electron chi connectivity index (χ3n) is 8.92. The van der Waals surface area contributed by atoms with Crippen LogP contribution < -0.4 is 10.1 Å². The lowest BCUT2D eigenvalue weighted by Gasteiger charge is -2.53. The summed E-state index contributed by atoms with van der Waals surface area (Å²) >= 11 is 0. The summed E-state index contributed by atoms with van der Waals surface area (Å²) in [6.07, 6.45) is 6.01. The number of rotatable bonds is 9. The maximum atomic E-state index is 16.1. The highest BCUT2D eigenvalue weighted by Gasteiger charge is 2.53. The third kappa shape index (κ3) is 7.04. The first-order valence-electron chi connectivity index (χ1n) is 15.5. The molecule has 3 aromatic rings. The molecule has 240 valence electrons. The highest BCUT2D eigenvalue weighted by Crippen LogP contribution is 2.46. The lowest BCUT2D eigenvalue weighted by molar-refractivity contribution is -0.165. The standard InChI is InChI=1S/C34H40FN3O7/c1-31(2,3)45-30(40)38-32-14-16-33(17-15-32,43-21-32)13-11-24-12-18-36-26-9-10-27(37-28(24)26)44-34(35)22-41-20-25(34)29(39)42-19-23-7-5-4-6-8-23/h4-10,12,18,25H,11,13-17,19-22H2,1-3H3,(H,38,40)/t25-,32?,33?,34-/m0/s1. The molecule has 0 unspecified atom stereocenters. The topological polar surface area (TPSA) is 118 Å². The van der Waals surface area contributed by atoms with Crippen LogP contribution in [0.15, 0.2) is 54.7 Å². The number of ether oxygens (including phenoxy) is 5. The van der Waals surface area contributed by atoms with Gasteiger partial charge in [-0.3, -0.25) is 9.78 Å². The Morgan fingerprint density at radius 2 is 1.82 bits per heavy atom. The van der Waals surface area contributed by atoms with Crippen LogP contribution in [0, 0.1) is 5.92 Å². The highest BCUT2D eigenvalue weighted by molar-refractivity contribution is 5.78. The van der Waals surface area contributed by atoms with E-state index in [-0.39, 0.29) is 24.7 Å². The smallest absolute Gasteiger partial charge is 0.408 e. The van der Waals surface area contributed by atoms with Gasteiger partial charge in [-0.25, -0.2) is 9.78 Å². The number of halogens is 1. The monoisotopic (exact) mass is 621 g/mol. The van der Waals surface area contributed by atoms with Crippen LogP contribution in [0.5, 0.6) is 5.88 Å². The number of aromatic nitrogens is 2. The minimum Gasteiger partial charge on any atom is -0.460 e. The summed E-state index contributed by atoms with van der Waals surface area (Å²) in [5.41, 5.74) is 1.73. The van der Waals surface area contributed by atoms with Gasteiger partial charge < -0.3 is 29.0 Å². The predicted octanol–water partition coefficient (Wildman–Crippen LogP) is 5.60. The Morgan fingerprint density at radius 3 is 2.53 bits per heavy atom. The van der Waals surface area contributed by atoms with Crippen LogP contribution in [0.3, 0.4) is 0 Å². The number of carbonyl (C=O) groups is 2. The average molecular weight is 622 g/mol. The second kappa shape index (κ2) is 12.2. The van der Waals surface area contributed by atoms with Gasteiger partial charge in [0.1, 0.15) is 18.8 Å². The van der Waals surface area contributed by atoms with Crippen LogP contribution >= 0.6 is 0 Å². The van der Waals surface area contributed by atoms with Crippen LogP contribution in [-0.2, 0) is 36.8 Å².